The van der Waals surface area contributed by atoms with Crippen LogP contribution in [0.4, 0.5) is 0 Å². The van der Waals surface area contributed by atoms with Crippen LogP contribution >= 0.6 is 0 Å². The van der Waals surface area contributed by atoms with E-state index in [1.54, 1.807) is 0 Å². The molecule has 21 heavy (non-hydrogen) atoms. The molecular weight excluding hydrogens is 260 g/mol. The van der Waals surface area contributed by atoms with Crippen LogP contribution in [0.2, 0.25) is 0 Å². The van der Waals surface area contributed by atoms with E-state index in [1.165, 1.54) is 0 Å². The smallest absolute Gasteiger partial charge is 0.123 e. The summed E-state index contributed by atoms with van der Waals surface area (Å²) in [6.45, 7) is 0.0362. The highest BCUT2D eigenvalue weighted by Gasteiger charge is 2.09. The summed E-state index contributed by atoms with van der Waals surface area (Å²) in [5.74, 6) is 0.0695. The Morgan fingerprint density at radius 1 is 0.952 bits per heavy atom. The fourth-order valence-electron chi connectivity index (χ4n) is 2.60. The molecule has 0 amide bonds. The molecule has 0 saturated carbocycles. The number of aliphatic hydroxyl groups excluding tert-OH is 1. The first-order chi connectivity index (χ1) is 10.2. The Labute approximate surface area is 123 Å². The van der Waals surface area contributed by atoms with E-state index in [-0.39, 0.29) is 12.4 Å². The van der Waals surface area contributed by atoms with Crippen molar-refractivity contribution in [3.8, 4) is 11.1 Å². The fraction of sp³-hybridized carbons (Fsp3) is 0.0556. The molecule has 4 N–H and O–H groups in total. The number of nitrogens with two attached hydrogens (primary N) is 1. The maximum absolute atomic E-state index is 9.14. The minimum absolute atomic E-state index is 0.0362. The van der Waals surface area contributed by atoms with Gasteiger partial charge in [-0.25, -0.2) is 0 Å². The van der Waals surface area contributed by atoms with E-state index in [1.807, 2.05) is 60.7 Å². The molecule has 0 aliphatic heterocycles. The van der Waals surface area contributed by atoms with Gasteiger partial charge in [-0.15, -0.1) is 0 Å². The SMILES string of the molecule is N=C(N)c1cccc2cccc(-c3ccc(CO)cc3)c12. The third-order valence-electron chi connectivity index (χ3n) is 3.64. The molecule has 0 aliphatic rings. The van der Waals surface area contributed by atoms with E-state index < -0.39 is 0 Å². The monoisotopic (exact) mass is 276 g/mol. The number of amidine groups is 1. The zero-order valence-electron chi connectivity index (χ0n) is 11.5. The topological polar surface area (TPSA) is 70.1 Å². The van der Waals surface area contributed by atoms with Gasteiger partial charge in [-0.05, 0) is 22.1 Å². The van der Waals surface area contributed by atoms with Crippen LogP contribution in [0.3, 0.4) is 0 Å². The van der Waals surface area contributed by atoms with Gasteiger partial charge in [0.25, 0.3) is 0 Å². The minimum Gasteiger partial charge on any atom is -0.392 e. The van der Waals surface area contributed by atoms with E-state index in [2.05, 4.69) is 0 Å². The number of aliphatic hydroxyl groups is 1. The van der Waals surface area contributed by atoms with Gasteiger partial charge >= 0.3 is 0 Å². The third kappa shape index (κ3) is 2.39. The van der Waals surface area contributed by atoms with Crippen LogP contribution in [0.5, 0.6) is 0 Å². The molecule has 0 saturated heterocycles. The molecule has 3 aromatic carbocycles. The van der Waals surface area contributed by atoms with Crippen LogP contribution in [-0.4, -0.2) is 10.9 Å². The van der Waals surface area contributed by atoms with Crippen LogP contribution in [0.15, 0.2) is 60.7 Å². The first-order valence-electron chi connectivity index (χ1n) is 6.77. The molecule has 0 unspecified atom stereocenters. The van der Waals surface area contributed by atoms with Crippen molar-refractivity contribution in [1.82, 2.24) is 0 Å². The highest BCUT2D eigenvalue weighted by molar-refractivity contribution is 6.12. The molecule has 0 heterocycles. The van der Waals surface area contributed by atoms with Crippen molar-refractivity contribution in [2.75, 3.05) is 0 Å². The molecule has 3 rings (SSSR count). The van der Waals surface area contributed by atoms with Gasteiger partial charge in [0.15, 0.2) is 0 Å². The highest BCUT2D eigenvalue weighted by Crippen LogP contribution is 2.31. The Balaban J connectivity index is 2.28. The van der Waals surface area contributed by atoms with Gasteiger partial charge in [0.05, 0.1) is 6.61 Å². The van der Waals surface area contributed by atoms with E-state index in [4.69, 9.17) is 16.2 Å². The van der Waals surface area contributed by atoms with Crippen LogP contribution in [0.1, 0.15) is 11.1 Å². The molecule has 0 aliphatic carbocycles. The third-order valence-corrected chi connectivity index (χ3v) is 3.64. The van der Waals surface area contributed by atoms with E-state index in [9.17, 15) is 0 Å². The van der Waals surface area contributed by atoms with Crippen LogP contribution in [-0.2, 0) is 6.61 Å². The molecule has 0 atom stereocenters. The van der Waals surface area contributed by atoms with E-state index in [0.717, 1.165) is 33.0 Å². The second-order valence-corrected chi connectivity index (χ2v) is 4.98. The lowest BCUT2D eigenvalue weighted by Gasteiger charge is -2.11. The number of rotatable bonds is 3. The van der Waals surface area contributed by atoms with Gasteiger partial charge < -0.3 is 10.8 Å². The zero-order chi connectivity index (χ0) is 14.8. The van der Waals surface area contributed by atoms with Gasteiger partial charge in [0.2, 0.25) is 0 Å². The van der Waals surface area contributed by atoms with Crippen molar-refractivity contribution < 1.29 is 5.11 Å². The summed E-state index contributed by atoms with van der Waals surface area (Å²) in [4.78, 5) is 0. The van der Waals surface area contributed by atoms with Crippen molar-refractivity contribution in [2.24, 2.45) is 5.73 Å². The predicted molar refractivity (Wildman–Crippen MR) is 86.3 cm³/mol. The molecular formula is C18H16N2O. The summed E-state index contributed by atoms with van der Waals surface area (Å²) >= 11 is 0. The van der Waals surface area contributed by atoms with Gasteiger partial charge in [0.1, 0.15) is 5.84 Å². The maximum Gasteiger partial charge on any atom is 0.123 e. The fourth-order valence-corrected chi connectivity index (χ4v) is 2.60. The van der Waals surface area contributed by atoms with Crippen molar-refractivity contribution in [1.29, 1.82) is 5.41 Å². The average Bonchev–Trinajstić information content (AvgIpc) is 2.53. The Bertz CT molecular complexity index is 802. The summed E-state index contributed by atoms with van der Waals surface area (Å²) in [6, 6.07) is 19.6. The average molecular weight is 276 g/mol. The van der Waals surface area contributed by atoms with Gasteiger partial charge in [-0.3, -0.25) is 5.41 Å². The van der Waals surface area contributed by atoms with E-state index >= 15 is 0 Å². The van der Waals surface area contributed by atoms with Gasteiger partial charge in [0, 0.05) is 10.9 Å². The zero-order valence-corrected chi connectivity index (χ0v) is 11.5. The Morgan fingerprint density at radius 2 is 1.62 bits per heavy atom. The molecule has 0 spiro atoms. The van der Waals surface area contributed by atoms with Gasteiger partial charge in [-0.2, -0.15) is 0 Å². The number of nitrogens with one attached hydrogen (secondary N) is 1. The number of benzene rings is 3. The molecule has 0 bridgehead atoms. The summed E-state index contributed by atoms with van der Waals surface area (Å²) < 4.78 is 0. The highest BCUT2D eigenvalue weighted by atomic mass is 16.3. The Kier molecular flexibility index (Phi) is 3.42. The van der Waals surface area contributed by atoms with Gasteiger partial charge in [-0.1, -0.05) is 60.7 Å². The second-order valence-electron chi connectivity index (χ2n) is 4.98. The number of fused-ring (bicyclic) bond motifs is 1. The van der Waals surface area contributed by atoms with Crippen LogP contribution < -0.4 is 5.73 Å². The van der Waals surface area contributed by atoms with Crippen molar-refractivity contribution in [3.05, 3.63) is 71.8 Å². The van der Waals surface area contributed by atoms with Crippen molar-refractivity contribution >= 4 is 16.6 Å². The summed E-state index contributed by atoms with van der Waals surface area (Å²) in [6.07, 6.45) is 0. The maximum atomic E-state index is 9.14. The Hall–Kier alpha value is -2.65. The molecule has 0 aromatic heterocycles. The minimum atomic E-state index is 0.0362. The van der Waals surface area contributed by atoms with Crippen molar-refractivity contribution in [2.45, 2.75) is 6.61 Å². The summed E-state index contributed by atoms with van der Waals surface area (Å²) in [5.41, 5.74) is 9.44. The molecule has 3 nitrogen and oxygen atoms in total. The lowest BCUT2D eigenvalue weighted by Crippen LogP contribution is -2.11. The van der Waals surface area contributed by atoms with Crippen LogP contribution in [0, 0.1) is 5.41 Å². The standard InChI is InChI=1S/C18H16N2O/c19-18(20)16-6-2-4-14-3-1-5-15(17(14)16)13-9-7-12(11-21)8-10-13/h1-10,21H,11H2,(H3,19,20). The number of hydrogen-bond donors (Lipinski definition) is 3. The first kappa shape index (κ1) is 13.3. The lowest BCUT2D eigenvalue weighted by atomic mass is 9.94. The lowest BCUT2D eigenvalue weighted by molar-refractivity contribution is 0.282. The Morgan fingerprint density at radius 3 is 2.24 bits per heavy atom. The molecule has 3 aromatic rings. The normalized spacial score (nSPS) is 10.7. The van der Waals surface area contributed by atoms with Crippen LogP contribution in [0.25, 0.3) is 21.9 Å². The largest absolute Gasteiger partial charge is 0.392 e. The predicted octanol–water partition coefficient (Wildman–Crippen LogP) is 3.28. The first-order valence-corrected chi connectivity index (χ1v) is 6.77. The molecule has 0 fully saturated rings. The summed E-state index contributed by atoms with van der Waals surface area (Å²) in [7, 11) is 0. The number of nitrogen functional groups attached to an aromatic ring is 1. The number of hydrogen-bond acceptors (Lipinski definition) is 2. The van der Waals surface area contributed by atoms with E-state index in [0.29, 0.717) is 0 Å². The van der Waals surface area contributed by atoms with Crippen molar-refractivity contribution in [3.63, 3.8) is 0 Å². The summed E-state index contributed by atoms with van der Waals surface area (Å²) in [5, 5.41) is 19.0. The molecule has 3 heteroatoms. The molecule has 0 radical (unpaired) electrons. The second kappa shape index (κ2) is 5.38. The molecule has 104 valence electrons. The quantitative estimate of drug-likeness (QED) is 0.507.